The minimum atomic E-state index is -0.464. The van der Waals surface area contributed by atoms with Crippen LogP contribution in [0.4, 0.5) is 0 Å². The van der Waals surface area contributed by atoms with Gasteiger partial charge < -0.3 is 15.0 Å². The predicted molar refractivity (Wildman–Crippen MR) is 96.1 cm³/mol. The van der Waals surface area contributed by atoms with Gasteiger partial charge in [-0.05, 0) is 35.2 Å². The Balaban J connectivity index is 1.53. The van der Waals surface area contributed by atoms with Crippen molar-refractivity contribution in [3.05, 3.63) is 70.3 Å². The number of benzene rings is 2. The lowest BCUT2D eigenvalue weighted by Crippen LogP contribution is -2.29. The molecule has 5 heteroatoms. The van der Waals surface area contributed by atoms with E-state index < -0.39 is 6.10 Å². The Hall–Kier alpha value is -1.52. The molecule has 0 bridgehead atoms. The summed E-state index contributed by atoms with van der Waals surface area (Å²) in [6.45, 7) is 1.70. The minimum absolute atomic E-state index is 0.464. The molecule has 0 radical (unpaired) electrons. The fraction of sp³-hybridized carbons (Fsp3) is 0.222. The molecule has 1 atom stereocenters. The van der Waals surface area contributed by atoms with Crippen LogP contribution >= 0.6 is 23.2 Å². The molecule has 0 fully saturated rings. The van der Waals surface area contributed by atoms with Gasteiger partial charge in [-0.3, -0.25) is 0 Å². The molecule has 2 aromatic carbocycles. The van der Waals surface area contributed by atoms with Gasteiger partial charge in [0.15, 0.2) is 0 Å². The summed E-state index contributed by atoms with van der Waals surface area (Å²) in [5.74, 6) is 0. The summed E-state index contributed by atoms with van der Waals surface area (Å²) in [5.41, 5.74) is 2.18. The van der Waals surface area contributed by atoms with E-state index >= 15 is 0 Å². The van der Waals surface area contributed by atoms with Crippen LogP contribution in [0.25, 0.3) is 10.9 Å². The molecule has 0 saturated heterocycles. The van der Waals surface area contributed by atoms with Crippen molar-refractivity contribution in [1.29, 1.82) is 0 Å². The topological polar surface area (TPSA) is 37.2 Å². The first-order valence-corrected chi connectivity index (χ1v) is 8.25. The summed E-state index contributed by atoms with van der Waals surface area (Å²) in [4.78, 5) is 0. The van der Waals surface area contributed by atoms with E-state index in [1.165, 1.54) is 5.39 Å². The number of aliphatic hydroxyl groups excluding tert-OH is 1. The third-order valence-electron chi connectivity index (χ3n) is 3.78. The zero-order valence-electron chi connectivity index (χ0n) is 12.5. The molecule has 0 aliphatic heterocycles. The van der Waals surface area contributed by atoms with Crippen molar-refractivity contribution < 1.29 is 5.11 Å². The predicted octanol–water partition coefficient (Wildman–Crippen LogP) is 4.10. The summed E-state index contributed by atoms with van der Waals surface area (Å²) in [6.07, 6.45) is 1.54. The highest BCUT2D eigenvalue weighted by atomic mass is 35.5. The zero-order chi connectivity index (χ0) is 16.2. The first-order chi connectivity index (χ1) is 11.1. The monoisotopic (exact) mass is 348 g/mol. The second-order valence-electron chi connectivity index (χ2n) is 5.56. The maximum atomic E-state index is 10.2. The van der Waals surface area contributed by atoms with Crippen molar-refractivity contribution in [2.75, 3.05) is 6.54 Å². The lowest BCUT2D eigenvalue weighted by molar-refractivity contribution is 0.152. The van der Waals surface area contributed by atoms with Gasteiger partial charge >= 0.3 is 0 Å². The molecule has 0 spiro atoms. The molecule has 2 N–H and O–H groups in total. The number of aromatic nitrogens is 1. The Bertz CT molecular complexity index is 801. The molecule has 1 heterocycles. The lowest BCUT2D eigenvalue weighted by Gasteiger charge is -2.14. The fourth-order valence-electron chi connectivity index (χ4n) is 2.62. The van der Waals surface area contributed by atoms with Gasteiger partial charge in [-0.15, -0.1) is 0 Å². The summed E-state index contributed by atoms with van der Waals surface area (Å²) >= 11 is 11.9. The van der Waals surface area contributed by atoms with Gasteiger partial charge in [0.25, 0.3) is 0 Å². The van der Waals surface area contributed by atoms with Gasteiger partial charge in [0, 0.05) is 31.3 Å². The third kappa shape index (κ3) is 4.06. The normalized spacial score (nSPS) is 12.7. The molecule has 0 saturated carbocycles. The first-order valence-electron chi connectivity index (χ1n) is 7.50. The van der Waals surface area contributed by atoms with Gasteiger partial charge in [0.05, 0.1) is 16.1 Å². The number of nitrogens with one attached hydrogen (secondary N) is 1. The average Bonchev–Trinajstić information content (AvgIpc) is 2.94. The second-order valence-corrected chi connectivity index (χ2v) is 6.37. The van der Waals surface area contributed by atoms with Crippen LogP contribution in [0, 0.1) is 0 Å². The Labute approximate surface area is 145 Å². The van der Waals surface area contributed by atoms with Crippen molar-refractivity contribution in [3.63, 3.8) is 0 Å². The van der Waals surface area contributed by atoms with Crippen LogP contribution in [0.2, 0.25) is 10.0 Å². The van der Waals surface area contributed by atoms with Crippen LogP contribution in [-0.4, -0.2) is 22.3 Å². The molecule has 0 amide bonds. The van der Waals surface area contributed by atoms with E-state index in [-0.39, 0.29) is 0 Å². The number of rotatable bonds is 6. The van der Waals surface area contributed by atoms with Gasteiger partial charge in [0.1, 0.15) is 0 Å². The summed E-state index contributed by atoms with van der Waals surface area (Å²) in [6, 6.07) is 15.8. The number of hydrogen-bond acceptors (Lipinski definition) is 2. The van der Waals surface area contributed by atoms with Crippen molar-refractivity contribution in [2.45, 2.75) is 19.2 Å². The molecular weight excluding hydrogens is 331 g/mol. The van der Waals surface area contributed by atoms with E-state index in [4.69, 9.17) is 23.2 Å². The van der Waals surface area contributed by atoms with Crippen LogP contribution in [0.5, 0.6) is 0 Å². The number of aliphatic hydroxyl groups is 1. The molecule has 0 aliphatic carbocycles. The zero-order valence-corrected chi connectivity index (χ0v) is 14.1. The molecule has 23 heavy (non-hydrogen) atoms. The third-order valence-corrected chi connectivity index (χ3v) is 4.52. The van der Waals surface area contributed by atoms with E-state index in [0.717, 1.165) is 11.1 Å². The first kappa shape index (κ1) is 16.3. The van der Waals surface area contributed by atoms with E-state index in [9.17, 15) is 5.11 Å². The quantitative estimate of drug-likeness (QED) is 0.703. The van der Waals surface area contributed by atoms with Crippen LogP contribution in [0.15, 0.2) is 54.7 Å². The van der Waals surface area contributed by atoms with Gasteiger partial charge in [-0.1, -0.05) is 47.5 Å². The van der Waals surface area contributed by atoms with Crippen LogP contribution in [-0.2, 0) is 13.1 Å². The molecule has 3 rings (SSSR count). The molecule has 120 valence electrons. The average molecular weight is 349 g/mol. The lowest BCUT2D eigenvalue weighted by atomic mass is 10.2. The summed E-state index contributed by atoms with van der Waals surface area (Å²) < 4.78 is 2.07. The second kappa shape index (κ2) is 7.37. The Kier molecular flexibility index (Phi) is 5.23. The highest BCUT2D eigenvalue weighted by Gasteiger charge is 2.07. The molecule has 1 aromatic heterocycles. The number of fused-ring (bicyclic) bond motifs is 1. The van der Waals surface area contributed by atoms with E-state index in [1.54, 1.807) is 6.07 Å². The molecular formula is C18H18Cl2N2O. The molecule has 0 aliphatic rings. The van der Waals surface area contributed by atoms with Gasteiger partial charge in [0.2, 0.25) is 0 Å². The minimum Gasteiger partial charge on any atom is -0.390 e. The van der Waals surface area contributed by atoms with Crippen molar-refractivity contribution in [3.8, 4) is 0 Å². The SMILES string of the molecule is O[C@@H](CNCc1ccc(Cl)c(Cl)c1)Cn1ccc2ccccc21. The van der Waals surface area contributed by atoms with E-state index in [2.05, 4.69) is 28.1 Å². The van der Waals surface area contributed by atoms with Crippen molar-refractivity contribution >= 4 is 34.1 Å². The smallest absolute Gasteiger partial charge is 0.0843 e. The molecule has 3 nitrogen and oxygen atoms in total. The number of halogens is 2. The van der Waals surface area contributed by atoms with Crippen molar-refractivity contribution in [2.24, 2.45) is 0 Å². The Morgan fingerprint density at radius 1 is 1.04 bits per heavy atom. The van der Waals surface area contributed by atoms with E-state index in [0.29, 0.717) is 29.7 Å². The molecule has 0 unspecified atom stereocenters. The van der Waals surface area contributed by atoms with E-state index in [1.807, 2.05) is 30.5 Å². The van der Waals surface area contributed by atoms with Crippen LogP contribution < -0.4 is 5.32 Å². The van der Waals surface area contributed by atoms with Crippen molar-refractivity contribution in [1.82, 2.24) is 9.88 Å². The highest BCUT2D eigenvalue weighted by molar-refractivity contribution is 6.42. The van der Waals surface area contributed by atoms with Crippen LogP contribution in [0.3, 0.4) is 0 Å². The maximum absolute atomic E-state index is 10.2. The Morgan fingerprint density at radius 3 is 2.70 bits per heavy atom. The van der Waals surface area contributed by atoms with Gasteiger partial charge in [-0.2, -0.15) is 0 Å². The van der Waals surface area contributed by atoms with Gasteiger partial charge in [-0.25, -0.2) is 0 Å². The highest BCUT2D eigenvalue weighted by Crippen LogP contribution is 2.22. The maximum Gasteiger partial charge on any atom is 0.0843 e. The largest absolute Gasteiger partial charge is 0.390 e. The standard InChI is InChI=1S/C18H18Cl2N2O/c19-16-6-5-13(9-17(16)20)10-21-11-15(23)12-22-8-7-14-3-1-2-4-18(14)22/h1-9,15,21,23H,10-12H2/t15-/m0/s1. The summed E-state index contributed by atoms with van der Waals surface area (Å²) in [7, 11) is 0. The number of hydrogen-bond donors (Lipinski definition) is 2. The van der Waals surface area contributed by atoms with Crippen LogP contribution in [0.1, 0.15) is 5.56 Å². The fourth-order valence-corrected chi connectivity index (χ4v) is 2.94. The number of nitrogens with zero attached hydrogens (tertiary/aromatic N) is 1. The Morgan fingerprint density at radius 2 is 1.87 bits per heavy atom. The summed E-state index contributed by atoms with van der Waals surface area (Å²) in [5, 5.41) is 15.8. The molecule has 3 aromatic rings. The number of para-hydroxylation sites is 1.